The molecule has 0 aliphatic carbocycles. The predicted octanol–water partition coefficient (Wildman–Crippen LogP) is 2.15. The molecule has 0 saturated heterocycles. The van der Waals surface area contributed by atoms with Gasteiger partial charge >= 0.3 is 5.97 Å². The number of hydrogen-bond donors (Lipinski definition) is 1. The molecule has 0 fully saturated rings. The second kappa shape index (κ2) is 8.18. The Labute approximate surface area is 144 Å². The monoisotopic (exact) mass is 367 g/mol. The molecule has 2 rings (SSSR count). The number of thiophene rings is 1. The largest absolute Gasteiger partial charge is 0.457 e. The van der Waals surface area contributed by atoms with Gasteiger partial charge in [0.25, 0.3) is 0 Å². The van der Waals surface area contributed by atoms with Gasteiger partial charge in [-0.3, -0.25) is 9.59 Å². The van der Waals surface area contributed by atoms with Crippen LogP contribution in [0.1, 0.15) is 21.0 Å². The molecule has 0 aliphatic heterocycles. The molecule has 1 heterocycles. The third-order valence-corrected chi connectivity index (χ3v) is 5.57. The van der Waals surface area contributed by atoms with E-state index in [0.29, 0.717) is 4.88 Å². The maximum atomic E-state index is 12.0. The molecule has 0 saturated carbocycles. The van der Waals surface area contributed by atoms with E-state index in [2.05, 4.69) is 4.72 Å². The third-order valence-electron chi connectivity index (χ3n) is 3.05. The number of hydrogen-bond acceptors (Lipinski definition) is 6. The van der Waals surface area contributed by atoms with E-state index in [0.717, 1.165) is 4.88 Å². The van der Waals surface area contributed by atoms with Crippen LogP contribution in [0.3, 0.4) is 0 Å². The molecular formula is C16H17NO5S2. The molecule has 1 aromatic heterocycles. The number of sulfonamides is 1. The summed E-state index contributed by atoms with van der Waals surface area (Å²) in [6.45, 7) is 1.44. The average Bonchev–Trinajstić information content (AvgIpc) is 3.00. The van der Waals surface area contributed by atoms with Gasteiger partial charge in [-0.25, -0.2) is 13.1 Å². The van der Waals surface area contributed by atoms with Gasteiger partial charge in [0.05, 0.1) is 16.2 Å². The van der Waals surface area contributed by atoms with Gasteiger partial charge in [-0.05, 0) is 31.2 Å². The minimum atomic E-state index is -3.65. The molecule has 2 aromatic rings. The Balaban J connectivity index is 1.74. The Morgan fingerprint density at radius 3 is 2.46 bits per heavy atom. The van der Waals surface area contributed by atoms with Crippen molar-refractivity contribution in [1.29, 1.82) is 0 Å². The number of carbonyl (C=O) groups is 2. The fraction of sp³-hybridized carbons (Fsp3) is 0.250. The third kappa shape index (κ3) is 5.26. The summed E-state index contributed by atoms with van der Waals surface area (Å²) in [6.07, 6.45) is -0.150. The zero-order valence-corrected chi connectivity index (χ0v) is 14.7. The smallest absolute Gasteiger partial charge is 0.307 e. The lowest BCUT2D eigenvalue weighted by atomic mass is 10.3. The summed E-state index contributed by atoms with van der Waals surface area (Å²) >= 11 is 1.33. The van der Waals surface area contributed by atoms with Crippen molar-refractivity contribution in [3.63, 3.8) is 0 Å². The molecule has 0 amide bonds. The van der Waals surface area contributed by atoms with Crippen molar-refractivity contribution in [3.8, 4) is 0 Å². The van der Waals surface area contributed by atoms with E-state index in [1.807, 2.05) is 13.0 Å². The van der Waals surface area contributed by atoms with Gasteiger partial charge in [-0.15, -0.1) is 11.3 Å². The summed E-state index contributed by atoms with van der Waals surface area (Å²) in [5, 5.41) is 0. The number of ether oxygens (including phenoxy) is 1. The first-order valence-corrected chi connectivity index (χ1v) is 9.48. The van der Waals surface area contributed by atoms with Crippen LogP contribution in [0, 0.1) is 6.92 Å². The highest BCUT2D eigenvalue weighted by molar-refractivity contribution is 7.89. The maximum Gasteiger partial charge on any atom is 0.307 e. The van der Waals surface area contributed by atoms with Crippen LogP contribution in [-0.2, 0) is 19.6 Å². The lowest BCUT2D eigenvalue weighted by Crippen LogP contribution is -2.27. The van der Waals surface area contributed by atoms with Crippen molar-refractivity contribution >= 4 is 33.1 Å². The van der Waals surface area contributed by atoms with E-state index in [-0.39, 0.29) is 30.3 Å². The summed E-state index contributed by atoms with van der Waals surface area (Å²) < 4.78 is 31.1. The Hall–Kier alpha value is -2.03. The van der Waals surface area contributed by atoms with Crippen LogP contribution in [0.4, 0.5) is 0 Å². The zero-order chi connectivity index (χ0) is 17.6. The van der Waals surface area contributed by atoms with E-state index < -0.39 is 16.0 Å². The first-order chi connectivity index (χ1) is 11.4. The second-order valence-corrected chi connectivity index (χ2v) is 8.01. The standard InChI is InChI=1S/C16H17NO5S2/c1-12-7-8-15(23-12)14(18)11-22-16(19)9-10-17-24(20,21)13-5-3-2-4-6-13/h2-8,17H,9-11H2,1H3. The van der Waals surface area contributed by atoms with E-state index in [4.69, 9.17) is 4.74 Å². The van der Waals surface area contributed by atoms with E-state index in [1.54, 1.807) is 24.3 Å². The molecule has 0 unspecified atom stereocenters. The summed E-state index contributed by atoms with van der Waals surface area (Å²) in [5.41, 5.74) is 0. The fourth-order valence-electron chi connectivity index (χ4n) is 1.84. The van der Waals surface area contributed by atoms with Crippen molar-refractivity contribution in [2.75, 3.05) is 13.2 Å². The predicted molar refractivity (Wildman–Crippen MR) is 90.6 cm³/mol. The van der Waals surface area contributed by atoms with Gasteiger partial charge in [0, 0.05) is 11.4 Å². The van der Waals surface area contributed by atoms with Gasteiger partial charge < -0.3 is 4.74 Å². The minimum Gasteiger partial charge on any atom is -0.457 e. The minimum absolute atomic E-state index is 0.0949. The van der Waals surface area contributed by atoms with Crippen LogP contribution in [0.25, 0.3) is 0 Å². The van der Waals surface area contributed by atoms with Crippen molar-refractivity contribution in [3.05, 3.63) is 52.2 Å². The summed E-state index contributed by atoms with van der Waals surface area (Å²) in [6, 6.07) is 11.4. The molecule has 0 atom stereocenters. The van der Waals surface area contributed by atoms with Crippen LogP contribution < -0.4 is 4.72 Å². The molecule has 0 spiro atoms. The van der Waals surface area contributed by atoms with Gasteiger partial charge in [-0.1, -0.05) is 18.2 Å². The number of Topliss-reactive ketones (excluding diaryl/α,β-unsaturated/α-hetero) is 1. The molecule has 6 nitrogen and oxygen atoms in total. The molecule has 0 radical (unpaired) electrons. The second-order valence-electron chi connectivity index (χ2n) is 4.95. The Morgan fingerprint density at radius 2 is 1.83 bits per heavy atom. The van der Waals surface area contributed by atoms with Crippen LogP contribution in [0.15, 0.2) is 47.4 Å². The first-order valence-electron chi connectivity index (χ1n) is 7.18. The van der Waals surface area contributed by atoms with Crippen molar-refractivity contribution in [1.82, 2.24) is 4.72 Å². The molecule has 0 aliphatic rings. The Bertz CT molecular complexity index is 812. The Morgan fingerprint density at radius 1 is 1.12 bits per heavy atom. The first kappa shape index (κ1) is 18.3. The molecule has 1 aromatic carbocycles. The Kier molecular flexibility index (Phi) is 6.24. The SMILES string of the molecule is Cc1ccc(C(=O)COC(=O)CCNS(=O)(=O)c2ccccc2)s1. The van der Waals surface area contributed by atoms with Crippen molar-refractivity contribution in [2.45, 2.75) is 18.2 Å². The van der Waals surface area contributed by atoms with Crippen molar-refractivity contribution in [2.24, 2.45) is 0 Å². The van der Waals surface area contributed by atoms with E-state index >= 15 is 0 Å². The highest BCUT2D eigenvalue weighted by Gasteiger charge is 2.15. The number of ketones is 1. The number of esters is 1. The van der Waals surface area contributed by atoms with Crippen LogP contribution in [0.2, 0.25) is 0 Å². The summed E-state index contributed by atoms with van der Waals surface area (Å²) in [7, 11) is -3.65. The maximum absolute atomic E-state index is 12.0. The lowest BCUT2D eigenvalue weighted by molar-refractivity contribution is -0.142. The number of carbonyl (C=O) groups excluding carboxylic acids is 2. The number of benzene rings is 1. The van der Waals surface area contributed by atoms with Gasteiger partial charge in [0.15, 0.2) is 6.61 Å². The highest BCUT2D eigenvalue weighted by Crippen LogP contribution is 2.15. The number of aryl methyl sites for hydroxylation is 1. The fourth-order valence-corrected chi connectivity index (χ4v) is 3.69. The number of rotatable bonds is 8. The van der Waals surface area contributed by atoms with Crippen LogP contribution in [0.5, 0.6) is 0 Å². The van der Waals surface area contributed by atoms with Crippen LogP contribution >= 0.6 is 11.3 Å². The van der Waals surface area contributed by atoms with Crippen molar-refractivity contribution < 1.29 is 22.7 Å². The summed E-state index contributed by atoms with van der Waals surface area (Å²) in [4.78, 5) is 25.1. The molecule has 128 valence electrons. The lowest BCUT2D eigenvalue weighted by Gasteiger charge is -2.06. The molecule has 0 bridgehead atoms. The van der Waals surface area contributed by atoms with E-state index in [9.17, 15) is 18.0 Å². The molecule has 24 heavy (non-hydrogen) atoms. The normalized spacial score (nSPS) is 11.2. The van der Waals surface area contributed by atoms with Gasteiger partial charge in [0.1, 0.15) is 0 Å². The summed E-state index contributed by atoms with van der Waals surface area (Å²) in [5.74, 6) is -0.904. The quantitative estimate of drug-likeness (QED) is 0.570. The van der Waals surface area contributed by atoms with Gasteiger partial charge in [-0.2, -0.15) is 0 Å². The van der Waals surface area contributed by atoms with Crippen LogP contribution in [-0.4, -0.2) is 33.3 Å². The van der Waals surface area contributed by atoms with Gasteiger partial charge in [0.2, 0.25) is 15.8 Å². The average molecular weight is 367 g/mol. The molecule has 8 heteroatoms. The highest BCUT2D eigenvalue weighted by atomic mass is 32.2. The molecular weight excluding hydrogens is 350 g/mol. The number of nitrogens with one attached hydrogen (secondary N) is 1. The van der Waals surface area contributed by atoms with E-state index in [1.165, 1.54) is 23.5 Å². The molecule has 1 N–H and O–H groups in total. The topological polar surface area (TPSA) is 89.5 Å². The zero-order valence-electron chi connectivity index (χ0n) is 13.0.